The zero-order valence-electron chi connectivity index (χ0n) is 10.6. The molecule has 1 aromatic heterocycles. The van der Waals surface area contributed by atoms with Gasteiger partial charge in [0.15, 0.2) is 0 Å². The first-order valence-corrected chi connectivity index (χ1v) is 5.91. The minimum atomic E-state index is -0.993. The number of nitrogens with one attached hydrogen (secondary N) is 1. The van der Waals surface area contributed by atoms with Gasteiger partial charge in [-0.05, 0) is 17.7 Å². The van der Waals surface area contributed by atoms with Crippen LogP contribution >= 0.6 is 0 Å². The minimum absolute atomic E-state index is 0.204. The third-order valence-corrected chi connectivity index (χ3v) is 2.56. The third kappa shape index (κ3) is 3.84. The van der Waals surface area contributed by atoms with Gasteiger partial charge in [0.25, 0.3) is 0 Å². The molecule has 0 radical (unpaired) electrons. The summed E-state index contributed by atoms with van der Waals surface area (Å²) in [5.74, 6) is -1.20. The van der Waals surface area contributed by atoms with Crippen molar-refractivity contribution >= 4 is 23.3 Å². The van der Waals surface area contributed by atoms with Crippen molar-refractivity contribution < 1.29 is 14.7 Å². The number of carbonyl (C=O) groups excluding carboxylic acids is 1. The zero-order chi connectivity index (χ0) is 14.5. The molecule has 2 rings (SSSR count). The van der Waals surface area contributed by atoms with Crippen LogP contribution in [0.3, 0.4) is 0 Å². The first-order valence-electron chi connectivity index (χ1n) is 5.91. The molecule has 7 nitrogen and oxygen atoms in total. The number of aromatic nitrogens is 2. The molecule has 0 aliphatic heterocycles. The van der Waals surface area contributed by atoms with E-state index in [-0.39, 0.29) is 18.9 Å². The summed E-state index contributed by atoms with van der Waals surface area (Å²) in [5.41, 5.74) is 7.51. The predicted octanol–water partition coefficient (Wildman–Crippen LogP) is 0.731. The van der Waals surface area contributed by atoms with E-state index in [1.54, 1.807) is 24.3 Å². The summed E-state index contributed by atoms with van der Waals surface area (Å²) in [6.45, 7) is -0.242. The summed E-state index contributed by atoms with van der Waals surface area (Å²) >= 11 is 0. The summed E-state index contributed by atoms with van der Waals surface area (Å²) in [5, 5.41) is 15.1. The second kappa shape index (κ2) is 5.87. The lowest BCUT2D eigenvalue weighted by molar-refractivity contribution is -0.137. The number of hydrogen-bond donors (Lipinski definition) is 3. The molecule has 0 aliphatic rings. The summed E-state index contributed by atoms with van der Waals surface area (Å²) < 4.78 is 1.24. The lowest BCUT2D eigenvalue weighted by Gasteiger charge is -2.03. The maximum absolute atomic E-state index is 11.8. The average Bonchev–Trinajstić information content (AvgIpc) is 2.78. The number of anilines is 2. The van der Waals surface area contributed by atoms with Crippen LogP contribution in [0.4, 0.5) is 11.4 Å². The SMILES string of the molecule is Nc1ccc(CC(=O)Nc2cnn(CC(=O)O)c2)cc1. The predicted molar refractivity (Wildman–Crippen MR) is 73.1 cm³/mol. The normalized spacial score (nSPS) is 10.2. The lowest BCUT2D eigenvalue weighted by Crippen LogP contribution is -2.14. The number of carbonyl (C=O) groups is 2. The van der Waals surface area contributed by atoms with Crippen molar-refractivity contribution in [3.63, 3.8) is 0 Å². The molecule has 0 atom stereocenters. The quantitative estimate of drug-likeness (QED) is 0.696. The van der Waals surface area contributed by atoms with Crippen LogP contribution in [-0.2, 0) is 22.6 Å². The fourth-order valence-electron chi connectivity index (χ4n) is 1.68. The maximum atomic E-state index is 11.8. The van der Waals surface area contributed by atoms with Crippen molar-refractivity contribution in [2.75, 3.05) is 11.1 Å². The highest BCUT2D eigenvalue weighted by Gasteiger charge is 2.07. The minimum Gasteiger partial charge on any atom is -0.480 e. The lowest BCUT2D eigenvalue weighted by atomic mass is 10.1. The Bertz CT molecular complexity index is 619. The Morgan fingerprint density at radius 3 is 2.65 bits per heavy atom. The molecule has 0 fully saturated rings. The van der Waals surface area contributed by atoms with Gasteiger partial charge in [-0.25, -0.2) is 0 Å². The molecule has 1 amide bonds. The number of nitrogens with two attached hydrogens (primary N) is 1. The van der Waals surface area contributed by atoms with Crippen LogP contribution in [0.15, 0.2) is 36.7 Å². The average molecular weight is 274 g/mol. The van der Waals surface area contributed by atoms with E-state index < -0.39 is 5.97 Å². The smallest absolute Gasteiger partial charge is 0.325 e. The highest BCUT2D eigenvalue weighted by atomic mass is 16.4. The van der Waals surface area contributed by atoms with E-state index in [1.807, 2.05) is 0 Å². The van der Waals surface area contributed by atoms with E-state index in [1.165, 1.54) is 17.1 Å². The second-order valence-corrected chi connectivity index (χ2v) is 4.29. The van der Waals surface area contributed by atoms with Crippen molar-refractivity contribution in [1.29, 1.82) is 0 Å². The van der Waals surface area contributed by atoms with Crippen molar-refractivity contribution in [2.24, 2.45) is 0 Å². The van der Waals surface area contributed by atoms with Crippen LogP contribution in [0.1, 0.15) is 5.56 Å². The van der Waals surface area contributed by atoms with Crippen molar-refractivity contribution in [3.05, 3.63) is 42.2 Å². The molecule has 104 valence electrons. The fourth-order valence-corrected chi connectivity index (χ4v) is 1.68. The highest BCUT2D eigenvalue weighted by Crippen LogP contribution is 2.09. The Kier molecular flexibility index (Phi) is 3.99. The number of carboxylic acid groups (broad SMARTS) is 1. The van der Waals surface area contributed by atoms with Crippen LogP contribution in [0, 0.1) is 0 Å². The molecule has 1 heterocycles. The van der Waals surface area contributed by atoms with Gasteiger partial charge in [-0.3, -0.25) is 14.3 Å². The Morgan fingerprint density at radius 1 is 1.30 bits per heavy atom. The van der Waals surface area contributed by atoms with E-state index >= 15 is 0 Å². The summed E-state index contributed by atoms with van der Waals surface area (Å²) in [6, 6.07) is 7.02. The van der Waals surface area contributed by atoms with Crippen LogP contribution in [-0.4, -0.2) is 26.8 Å². The van der Waals surface area contributed by atoms with Gasteiger partial charge >= 0.3 is 5.97 Å². The number of carboxylic acids is 1. The Labute approximate surface area is 115 Å². The monoisotopic (exact) mass is 274 g/mol. The maximum Gasteiger partial charge on any atom is 0.325 e. The van der Waals surface area contributed by atoms with E-state index in [2.05, 4.69) is 10.4 Å². The first kappa shape index (κ1) is 13.6. The standard InChI is InChI=1S/C13H14N4O3/c14-10-3-1-9(2-4-10)5-12(18)16-11-6-15-17(7-11)8-13(19)20/h1-4,6-7H,5,8,14H2,(H,16,18)(H,19,20). The van der Waals surface area contributed by atoms with Gasteiger partial charge in [0.2, 0.25) is 5.91 Å². The van der Waals surface area contributed by atoms with Crippen LogP contribution < -0.4 is 11.1 Å². The number of rotatable bonds is 5. The molecule has 0 aliphatic carbocycles. The number of hydrogen-bond acceptors (Lipinski definition) is 4. The molecule has 4 N–H and O–H groups in total. The number of nitrogen functional groups attached to an aromatic ring is 1. The molecule has 0 spiro atoms. The van der Waals surface area contributed by atoms with Crippen molar-refractivity contribution in [2.45, 2.75) is 13.0 Å². The van der Waals surface area contributed by atoms with Gasteiger partial charge in [0.05, 0.1) is 18.3 Å². The van der Waals surface area contributed by atoms with Crippen molar-refractivity contribution in [3.8, 4) is 0 Å². The molecule has 20 heavy (non-hydrogen) atoms. The van der Waals surface area contributed by atoms with E-state index in [4.69, 9.17) is 10.8 Å². The highest BCUT2D eigenvalue weighted by molar-refractivity contribution is 5.92. The third-order valence-electron chi connectivity index (χ3n) is 2.56. The number of amides is 1. The van der Waals surface area contributed by atoms with Crippen molar-refractivity contribution in [1.82, 2.24) is 9.78 Å². The molecule has 2 aromatic rings. The van der Waals surface area contributed by atoms with E-state index in [0.29, 0.717) is 11.4 Å². The molecule has 7 heteroatoms. The van der Waals surface area contributed by atoms with Crippen LogP contribution in [0.2, 0.25) is 0 Å². The second-order valence-electron chi connectivity index (χ2n) is 4.29. The van der Waals surface area contributed by atoms with Gasteiger partial charge in [0, 0.05) is 11.9 Å². The van der Waals surface area contributed by atoms with Gasteiger partial charge in [-0.2, -0.15) is 5.10 Å². The molecule has 0 saturated heterocycles. The molecule has 0 saturated carbocycles. The van der Waals surface area contributed by atoms with Gasteiger partial charge in [-0.15, -0.1) is 0 Å². The summed E-state index contributed by atoms with van der Waals surface area (Å²) in [6.07, 6.45) is 3.09. The molecular weight excluding hydrogens is 260 g/mol. The summed E-state index contributed by atoms with van der Waals surface area (Å²) in [4.78, 5) is 22.3. The van der Waals surface area contributed by atoms with E-state index in [0.717, 1.165) is 5.56 Å². The largest absolute Gasteiger partial charge is 0.480 e. The molecule has 0 bridgehead atoms. The first-order chi connectivity index (χ1) is 9.52. The van der Waals surface area contributed by atoms with Gasteiger partial charge in [0.1, 0.15) is 6.54 Å². The van der Waals surface area contributed by atoms with Crippen LogP contribution in [0.5, 0.6) is 0 Å². The summed E-state index contributed by atoms with van der Waals surface area (Å²) in [7, 11) is 0. The van der Waals surface area contributed by atoms with Crippen LogP contribution in [0.25, 0.3) is 0 Å². The zero-order valence-corrected chi connectivity index (χ0v) is 10.6. The number of benzene rings is 1. The molecule has 0 unspecified atom stereocenters. The van der Waals surface area contributed by atoms with E-state index in [9.17, 15) is 9.59 Å². The number of nitrogens with zero attached hydrogens (tertiary/aromatic N) is 2. The Balaban J connectivity index is 1.92. The Morgan fingerprint density at radius 2 is 2.00 bits per heavy atom. The fraction of sp³-hybridized carbons (Fsp3) is 0.154. The topological polar surface area (TPSA) is 110 Å². The number of aliphatic carboxylic acids is 1. The van der Waals surface area contributed by atoms with Gasteiger partial charge < -0.3 is 16.2 Å². The molecule has 1 aromatic carbocycles. The van der Waals surface area contributed by atoms with Gasteiger partial charge in [-0.1, -0.05) is 12.1 Å². The Hall–Kier alpha value is -2.83. The molecular formula is C13H14N4O3.